The van der Waals surface area contributed by atoms with Crippen molar-refractivity contribution in [1.29, 1.82) is 0 Å². The molecule has 13 nitrogen and oxygen atoms in total. The zero-order valence-electron chi connectivity index (χ0n) is 31.4. The van der Waals surface area contributed by atoms with Gasteiger partial charge in [-0.2, -0.15) is 0 Å². The molecule has 3 aromatic carbocycles. The zero-order chi connectivity index (χ0) is 38.4. The first-order chi connectivity index (χ1) is 26.4. The van der Waals surface area contributed by atoms with Gasteiger partial charge in [-0.1, -0.05) is 66.7 Å². The summed E-state index contributed by atoms with van der Waals surface area (Å²) < 4.78 is 37.4. The summed E-state index contributed by atoms with van der Waals surface area (Å²) in [6.45, 7) is 3.69. The third kappa shape index (κ3) is 15.0. The summed E-state index contributed by atoms with van der Waals surface area (Å²) in [6.07, 6.45) is -1.55. The van der Waals surface area contributed by atoms with Crippen LogP contribution in [0, 0.1) is 5.92 Å². The van der Waals surface area contributed by atoms with Gasteiger partial charge in [-0.15, -0.1) is 0 Å². The maximum atomic E-state index is 14.1. The van der Waals surface area contributed by atoms with Crippen LogP contribution in [-0.2, 0) is 52.5 Å². The summed E-state index contributed by atoms with van der Waals surface area (Å²) in [5.41, 5.74) is 3.61. The third-order valence-corrected chi connectivity index (χ3v) is 9.06. The van der Waals surface area contributed by atoms with Crippen molar-refractivity contribution >= 4 is 12.0 Å². The fourth-order valence-corrected chi connectivity index (χ4v) is 6.23. The number of carbonyl (C=O) groups excluding carboxylic acids is 2. The predicted octanol–water partition coefficient (Wildman–Crippen LogP) is 3.43. The predicted molar refractivity (Wildman–Crippen MR) is 201 cm³/mol. The molecule has 54 heavy (non-hydrogen) atoms. The van der Waals surface area contributed by atoms with E-state index in [1.807, 2.05) is 78.9 Å². The number of hydrogen-bond donors (Lipinski definition) is 4. The summed E-state index contributed by atoms with van der Waals surface area (Å²) in [6, 6.07) is 23.2. The standard InChI is InChI=1S/C41H56N2O11/c1-48-16-18-50-20-21-52-23-25-54-41(47)42-36(27-30-8-4-3-5-9-30)37(44)29-33(40(46)43-39-35-11-7-6-10-32(35)28-38(39)45)26-31-12-14-34(15-13-31)53-24-22-51-19-17-49-2/h3-15,33,36-39,44-45H,16-29H2,1-2H3,(H,42,47)(H,43,46)/t33?,36?,37?,38-,39-/m0/s1. The molecular formula is C41H56N2O11. The molecule has 296 valence electrons. The van der Waals surface area contributed by atoms with Crippen LogP contribution >= 0.6 is 0 Å². The van der Waals surface area contributed by atoms with Crippen LogP contribution in [0.2, 0.25) is 0 Å². The van der Waals surface area contributed by atoms with Crippen LogP contribution < -0.4 is 15.4 Å². The molecule has 0 saturated carbocycles. The zero-order valence-corrected chi connectivity index (χ0v) is 31.4. The number of rotatable bonds is 26. The van der Waals surface area contributed by atoms with E-state index in [2.05, 4.69) is 10.6 Å². The lowest BCUT2D eigenvalue weighted by molar-refractivity contribution is -0.127. The molecule has 0 fully saturated rings. The molecule has 1 aliphatic carbocycles. The minimum atomic E-state index is -1.13. The van der Waals surface area contributed by atoms with Gasteiger partial charge in [0, 0.05) is 26.6 Å². The molecule has 1 aliphatic rings. The van der Waals surface area contributed by atoms with Crippen LogP contribution in [0.5, 0.6) is 5.75 Å². The van der Waals surface area contributed by atoms with Gasteiger partial charge in [0.1, 0.15) is 19.0 Å². The molecule has 4 rings (SSSR count). The van der Waals surface area contributed by atoms with Crippen molar-refractivity contribution in [2.24, 2.45) is 5.92 Å². The number of fused-ring (bicyclic) bond motifs is 1. The number of alkyl carbamates (subject to hydrolysis) is 1. The lowest BCUT2D eigenvalue weighted by Crippen LogP contribution is -2.47. The van der Waals surface area contributed by atoms with Crippen molar-refractivity contribution in [3.05, 3.63) is 101 Å². The second-order valence-electron chi connectivity index (χ2n) is 13.1. The van der Waals surface area contributed by atoms with E-state index in [9.17, 15) is 19.8 Å². The van der Waals surface area contributed by atoms with Crippen LogP contribution in [0.4, 0.5) is 4.79 Å². The number of carbonyl (C=O) groups is 2. The van der Waals surface area contributed by atoms with Gasteiger partial charge in [-0.05, 0) is 53.6 Å². The fourth-order valence-electron chi connectivity index (χ4n) is 6.23. The smallest absolute Gasteiger partial charge is 0.407 e. The molecule has 0 aromatic heterocycles. The Morgan fingerprint density at radius 1 is 0.722 bits per heavy atom. The Balaban J connectivity index is 1.42. The maximum Gasteiger partial charge on any atom is 0.407 e. The van der Waals surface area contributed by atoms with Crippen LogP contribution in [0.1, 0.15) is 34.7 Å². The van der Waals surface area contributed by atoms with E-state index < -0.39 is 36.3 Å². The van der Waals surface area contributed by atoms with Crippen molar-refractivity contribution in [3.8, 4) is 5.75 Å². The minimum Gasteiger partial charge on any atom is -0.491 e. The molecule has 0 heterocycles. The molecule has 3 unspecified atom stereocenters. The first-order valence-electron chi connectivity index (χ1n) is 18.5. The first-order valence-corrected chi connectivity index (χ1v) is 18.5. The Morgan fingerprint density at radius 2 is 1.31 bits per heavy atom. The molecule has 4 N–H and O–H groups in total. The third-order valence-electron chi connectivity index (χ3n) is 9.06. The molecule has 0 radical (unpaired) electrons. The number of amides is 2. The summed E-state index contributed by atoms with van der Waals surface area (Å²) in [5.74, 6) is -0.364. The fraction of sp³-hybridized carbons (Fsp3) is 0.512. The molecule has 5 atom stereocenters. The van der Waals surface area contributed by atoms with E-state index in [0.29, 0.717) is 77.9 Å². The average Bonchev–Trinajstić information content (AvgIpc) is 3.50. The van der Waals surface area contributed by atoms with Gasteiger partial charge in [0.15, 0.2) is 0 Å². The van der Waals surface area contributed by atoms with Gasteiger partial charge in [0.2, 0.25) is 5.91 Å². The number of methoxy groups -OCH3 is 2. The van der Waals surface area contributed by atoms with Crippen LogP contribution in [-0.4, -0.2) is 121 Å². The monoisotopic (exact) mass is 752 g/mol. The molecular weight excluding hydrogens is 696 g/mol. The average molecular weight is 753 g/mol. The topological polar surface area (TPSA) is 163 Å². The minimum absolute atomic E-state index is 0.00876. The van der Waals surface area contributed by atoms with Crippen molar-refractivity contribution in [2.75, 3.05) is 80.3 Å². The van der Waals surface area contributed by atoms with Gasteiger partial charge in [0.25, 0.3) is 0 Å². The van der Waals surface area contributed by atoms with Gasteiger partial charge in [-0.25, -0.2) is 4.79 Å². The Bertz CT molecular complexity index is 1490. The molecule has 2 amide bonds. The van der Waals surface area contributed by atoms with Crippen LogP contribution in [0.25, 0.3) is 0 Å². The first kappa shape index (κ1) is 42.7. The highest BCUT2D eigenvalue weighted by Gasteiger charge is 2.35. The number of aliphatic hydroxyl groups excluding tert-OH is 2. The maximum absolute atomic E-state index is 14.1. The largest absolute Gasteiger partial charge is 0.491 e. The van der Waals surface area contributed by atoms with Crippen molar-refractivity contribution in [2.45, 2.75) is 50.0 Å². The number of aliphatic hydroxyl groups is 2. The molecule has 13 heteroatoms. The van der Waals surface area contributed by atoms with Crippen molar-refractivity contribution in [1.82, 2.24) is 10.6 Å². The lowest BCUT2D eigenvalue weighted by atomic mass is 9.88. The van der Waals surface area contributed by atoms with Gasteiger partial charge >= 0.3 is 6.09 Å². The number of benzene rings is 3. The Kier molecular flexibility index (Phi) is 19.2. The normalized spacial score (nSPS) is 16.6. The molecule has 0 bridgehead atoms. The quantitative estimate of drug-likeness (QED) is 0.0890. The molecule has 3 aromatic rings. The van der Waals surface area contributed by atoms with E-state index in [1.165, 1.54) is 0 Å². The number of ether oxygens (including phenoxy) is 7. The SMILES string of the molecule is COCCOCCOCCOC(=O)NC(Cc1ccccc1)C(O)CC(Cc1ccc(OCCOCCOC)cc1)C(=O)N[C@H]1c2ccccc2C[C@@H]1O. The van der Waals surface area contributed by atoms with Crippen LogP contribution in [0.3, 0.4) is 0 Å². The highest BCUT2D eigenvalue weighted by atomic mass is 16.6. The summed E-state index contributed by atoms with van der Waals surface area (Å²) in [5, 5.41) is 28.6. The van der Waals surface area contributed by atoms with Crippen LogP contribution in [0.15, 0.2) is 78.9 Å². The Labute approximate surface area is 318 Å². The van der Waals surface area contributed by atoms with Gasteiger partial charge < -0.3 is 54.0 Å². The second-order valence-corrected chi connectivity index (χ2v) is 13.1. The second kappa shape index (κ2) is 24.4. The summed E-state index contributed by atoms with van der Waals surface area (Å²) in [7, 11) is 3.22. The summed E-state index contributed by atoms with van der Waals surface area (Å²) >= 11 is 0. The number of nitrogens with one attached hydrogen (secondary N) is 2. The lowest BCUT2D eigenvalue weighted by Gasteiger charge is -2.28. The number of hydrogen-bond acceptors (Lipinski definition) is 11. The van der Waals surface area contributed by atoms with E-state index in [0.717, 1.165) is 22.3 Å². The van der Waals surface area contributed by atoms with Crippen molar-refractivity contribution < 1.29 is 53.0 Å². The molecule has 0 saturated heterocycles. The highest BCUT2D eigenvalue weighted by Crippen LogP contribution is 2.32. The van der Waals surface area contributed by atoms with Crippen molar-refractivity contribution in [3.63, 3.8) is 0 Å². The van der Waals surface area contributed by atoms with Gasteiger partial charge in [0.05, 0.1) is 77.1 Å². The van der Waals surface area contributed by atoms with E-state index in [-0.39, 0.29) is 25.5 Å². The van der Waals surface area contributed by atoms with E-state index in [1.54, 1.807) is 14.2 Å². The van der Waals surface area contributed by atoms with Gasteiger partial charge in [-0.3, -0.25) is 4.79 Å². The molecule has 0 aliphatic heterocycles. The Morgan fingerprint density at radius 3 is 2.00 bits per heavy atom. The highest BCUT2D eigenvalue weighted by molar-refractivity contribution is 5.80. The van der Waals surface area contributed by atoms with E-state index >= 15 is 0 Å². The molecule has 0 spiro atoms. The Hall–Kier alpha value is -4.08. The van der Waals surface area contributed by atoms with E-state index in [4.69, 9.17) is 33.2 Å². The summed E-state index contributed by atoms with van der Waals surface area (Å²) in [4.78, 5) is 27.0.